The average molecular weight is 327 g/mol. The molecule has 1 aliphatic rings. The highest BCUT2D eigenvalue weighted by atomic mass is 32.2. The molecule has 2 atom stereocenters. The van der Waals surface area contributed by atoms with E-state index in [1.165, 1.54) is 12.1 Å². The quantitative estimate of drug-likeness (QED) is 0.740. The number of nitrogens with two attached hydrogens (primary N) is 1. The van der Waals surface area contributed by atoms with Gasteiger partial charge in [0.05, 0.1) is 17.5 Å². The summed E-state index contributed by atoms with van der Waals surface area (Å²) in [7, 11) is -3.70. The highest BCUT2D eigenvalue weighted by molar-refractivity contribution is 7.89. The van der Waals surface area contributed by atoms with E-state index in [-0.39, 0.29) is 17.0 Å². The third kappa shape index (κ3) is 4.69. The molecule has 0 bridgehead atoms. The number of primary sulfonamides is 1. The summed E-state index contributed by atoms with van der Waals surface area (Å²) in [6, 6.07) is 5.63. The van der Waals surface area contributed by atoms with Gasteiger partial charge in [-0.3, -0.25) is 0 Å². The first-order valence-corrected chi connectivity index (χ1v) is 8.66. The number of hydrogen-bond acceptors (Lipinski definition) is 4. The lowest BCUT2D eigenvalue weighted by Crippen LogP contribution is -2.39. The number of carbonyl (C=O) groups is 1. The maximum Gasteiger partial charge on any atom is 0.315 e. The first-order valence-electron chi connectivity index (χ1n) is 7.11. The number of sulfonamides is 1. The zero-order valence-corrected chi connectivity index (χ0v) is 13.2. The average Bonchev–Trinajstić information content (AvgIpc) is 2.97. The number of ether oxygens (including phenoxy) is 1. The van der Waals surface area contributed by atoms with Crippen molar-refractivity contribution in [2.75, 3.05) is 19.8 Å². The number of nitrogens with one attached hydrogen (secondary N) is 2. The van der Waals surface area contributed by atoms with E-state index in [1.807, 2.05) is 6.92 Å². The predicted molar refractivity (Wildman–Crippen MR) is 81.7 cm³/mol. The minimum Gasteiger partial charge on any atom is -0.381 e. The normalized spacial score (nSPS) is 19.6. The summed E-state index contributed by atoms with van der Waals surface area (Å²) >= 11 is 0. The fraction of sp³-hybridized carbons (Fsp3) is 0.500. The largest absolute Gasteiger partial charge is 0.381 e. The summed E-state index contributed by atoms with van der Waals surface area (Å²) in [5.41, 5.74) is 0.798. The van der Waals surface area contributed by atoms with Gasteiger partial charge in [0.15, 0.2) is 0 Å². The van der Waals surface area contributed by atoms with E-state index in [0.717, 1.165) is 18.6 Å². The molecule has 8 heteroatoms. The Morgan fingerprint density at radius 2 is 2.09 bits per heavy atom. The Balaban J connectivity index is 1.85. The second kappa shape index (κ2) is 7.08. The summed E-state index contributed by atoms with van der Waals surface area (Å²) in [4.78, 5) is 11.9. The molecule has 0 saturated carbocycles. The molecule has 0 radical (unpaired) electrons. The maximum absolute atomic E-state index is 11.8. The number of hydrogen-bond donors (Lipinski definition) is 3. The lowest BCUT2D eigenvalue weighted by molar-refractivity contribution is 0.185. The molecular weight excluding hydrogens is 306 g/mol. The lowest BCUT2D eigenvalue weighted by atomic mass is 10.1. The molecule has 1 heterocycles. The number of benzene rings is 1. The van der Waals surface area contributed by atoms with E-state index in [1.54, 1.807) is 12.1 Å². The van der Waals surface area contributed by atoms with Crippen LogP contribution in [0.25, 0.3) is 0 Å². The van der Waals surface area contributed by atoms with Gasteiger partial charge in [0.25, 0.3) is 0 Å². The van der Waals surface area contributed by atoms with Gasteiger partial charge < -0.3 is 15.4 Å². The first-order chi connectivity index (χ1) is 10.4. The molecule has 0 spiro atoms. The molecule has 7 nitrogen and oxygen atoms in total. The van der Waals surface area contributed by atoms with Gasteiger partial charge in [-0.25, -0.2) is 18.4 Å². The van der Waals surface area contributed by atoms with Crippen molar-refractivity contribution in [3.8, 4) is 0 Å². The molecule has 1 aromatic carbocycles. The van der Waals surface area contributed by atoms with Gasteiger partial charge in [-0.2, -0.15) is 0 Å². The van der Waals surface area contributed by atoms with Crippen molar-refractivity contribution in [3.05, 3.63) is 29.8 Å². The van der Waals surface area contributed by atoms with E-state index >= 15 is 0 Å². The molecule has 1 fully saturated rings. The third-order valence-electron chi connectivity index (χ3n) is 3.63. The molecular formula is C14H21N3O4S. The Labute approximate surface area is 130 Å². The van der Waals surface area contributed by atoms with Crippen molar-refractivity contribution in [1.82, 2.24) is 10.6 Å². The van der Waals surface area contributed by atoms with Gasteiger partial charge in [0.2, 0.25) is 10.0 Å². The third-order valence-corrected chi connectivity index (χ3v) is 4.56. The Morgan fingerprint density at radius 1 is 1.41 bits per heavy atom. The van der Waals surface area contributed by atoms with Gasteiger partial charge in [0, 0.05) is 19.1 Å². The molecule has 1 aromatic rings. The van der Waals surface area contributed by atoms with E-state index in [4.69, 9.17) is 9.88 Å². The van der Waals surface area contributed by atoms with Crippen molar-refractivity contribution < 1.29 is 17.9 Å². The zero-order valence-electron chi connectivity index (χ0n) is 12.4. The monoisotopic (exact) mass is 327 g/mol. The maximum atomic E-state index is 11.8. The molecule has 122 valence electrons. The van der Waals surface area contributed by atoms with Crippen LogP contribution in [0.5, 0.6) is 0 Å². The van der Waals surface area contributed by atoms with Crippen molar-refractivity contribution >= 4 is 16.1 Å². The molecule has 2 amide bonds. The van der Waals surface area contributed by atoms with Crippen LogP contribution in [0.2, 0.25) is 0 Å². The first kappa shape index (κ1) is 16.7. The fourth-order valence-electron chi connectivity index (χ4n) is 2.26. The van der Waals surface area contributed by atoms with E-state index in [2.05, 4.69) is 10.6 Å². The molecule has 4 N–H and O–H groups in total. The lowest BCUT2D eigenvalue weighted by Gasteiger charge is -2.16. The van der Waals surface area contributed by atoms with Crippen LogP contribution in [-0.4, -0.2) is 34.2 Å². The van der Waals surface area contributed by atoms with Crippen LogP contribution < -0.4 is 15.8 Å². The molecule has 0 aromatic heterocycles. The van der Waals surface area contributed by atoms with Gasteiger partial charge >= 0.3 is 6.03 Å². The van der Waals surface area contributed by atoms with E-state index in [9.17, 15) is 13.2 Å². The minimum atomic E-state index is -3.70. The summed E-state index contributed by atoms with van der Waals surface area (Å²) < 4.78 is 27.6. The summed E-state index contributed by atoms with van der Waals surface area (Å²) in [5.74, 6) is 0.370. The van der Waals surface area contributed by atoms with Crippen LogP contribution in [0, 0.1) is 5.92 Å². The second-order valence-electron chi connectivity index (χ2n) is 5.42. The number of urea groups is 1. The summed E-state index contributed by atoms with van der Waals surface area (Å²) in [5, 5.41) is 10.7. The van der Waals surface area contributed by atoms with E-state index in [0.29, 0.717) is 19.1 Å². The smallest absolute Gasteiger partial charge is 0.315 e. The molecule has 0 aliphatic carbocycles. The zero-order chi connectivity index (χ0) is 16.2. The van der Waals surface area contributed by atoms with Gasteiger partial charge in [-0.05, 0) is 31.0 Å². The summed E-state index contributed by atoms with van der Waals surface area (Å²) in [6.45, 7) is 3.85. The molecule has 1 saturated heterocycles. The second-order valence-corrected chi connectivity index (χ2v) is 6.98. The number of amides is 2. The SMILES string of the molecule is C[C@H](NC(=O)NC[C@@H]1CCOC1)c1ccc(S(N)(=O)=O)cc1. The van der Waals surface area contributed by atoms with Crippen molar-refractivity contribution in [3.63, 3.8) is 0 Å². The van der Waals surface area contributed by atoms with Crippen molar-refractivity contribution in [2.24, 2.45) is 11.1 Å². The highest BCUT2D eigenvalue weighted by Crippen LogP contribution is 2.15. The topological polar surface area (TPSA) is 111 Å². The Morgan fingerprint density at radius 3 is 2.64 bits per heavy atom. The van der Waals surface area contributed by atoms with Crippen LogP contribution in [0.4, 0.5) is 4.79 Å². The van der Waals surface area contributed by atoms with Gasteiger partial charge in [-0.15, -0.1) is 0 Å². The molecule has 1 aliphatic heterocycles. The molecule has 0 unspecified atom stereocenters. The molecule has 2 rings (SSSR count). The number of rotatable bonds is 5. The van der Waals surface area contributed by atoms with Crippen LogP contribution in [0.15, 0.2) is 29.2 Å². The Hall–Kier alpha value is -1.64. The van der Waals surface area contributed by atoms with Crippen molar-refractivity contribution in [1.29, 1.82) is 0 Å². The van der Waals surface area contributed by atoms with Crippen LogP contribution >= 0.6 is 0 Å². The van der Waals surface area contributed by atoms with Crippen LogP contribution in [-0.2, 0) is 14.8 Å². The Bertz CT molecular complexity index is 609. The Kier molecular flexibility index (Phi) is 5.38. The van der Waals surface area contributed by atoms with Crippen LogP contribution in [0.3, 0.4) is 0 Å². The van der Waals surface area contributed by atoms with Gasteiger partial charge in [0.1, 0.15) is 0 Å². The highest BCUT2D eigenvalue weighted by Gasteiger charge is 2.17. The standard InChI is InChI=1S/C14H21N3O4S/c1-10(12-2-4-13(5-3-12)22(15,19)20)17-14(18)16-8-11-6-7-21-9-11/h2-5,10-11H,6-9H2,1H3,(H2,15,19,20)(H2,16,17,18)/t10-,11-/m0/s1. The fourth-order valence-corrected chi connectivity index (χ4v) is 2.77. The van der Waals surface area contributed by atoms with Crippen LogP contribution in [0.1, 0.15) is 24.9 Å². The van der Waals surface area contributed by atoms with Gasteiger partial charge in [-0.1, -0.05) is 12.1 Å². The number of carbonyl (C=O) groups excluding carboxylic acids is 1. The van der Waals surface area contributed by atoms with E-state index < -0.39 is 10.0 Å². The molecule has 22 heavy (non-hydrogen) atoms. The summed E-state index contributed by atoms with van der Waals surface area (Å²) in [6.07, 6.45) is 0.963. The van der Waals surface area contributed by atoms with Crippen molar-refractivity contribution in [2.45, 2.75) is 24.3 Å². The predicted octanol–water partition coefficient (Wildman–Crippen LogP) is 0.731. The minimum absolute atomic E-state index is 0.0501.